The highest BCUT2D eigenvalue weighted by Crippen LogP contribution is 2.55. The molecular formula is C9H13NS. The van der Waals surface area contributed by atoms with Crippen LogP contribution in [0.5, 0.6) is 0 Å². The molecule has 0 amide bonds. The van der Waals surface area contributed by atoms with E-state index in [1.54, 1.807) is 0 Å². The van der Waals surface area contributed by atoms with Crippen molar-refractivity contribution in [1.82, 2.24) is 0 Å². The quantitative estimate of drug-likeness (QED) is 0.606. The molecule has 2 heteroatoms. The SMILES string of the molecule is NC(=S)C1=CCC2(CC1)CC2. The molecule has 11 heavy (non-hydrogen) atoms. The molecule has 0 heterocycles. The summed E-state index contributed by atoms with van der Waals surface area (Å²) in [5.41, 5.74) is 7.46. The summed E-state index contributed by atoms with van der Waals surface area (Å²) in [6, 6.07) is 0. The fraction of sp³-hybridized carbons (Fsp3) is 0.667. The molecule has 0 atom stereocenters. The molecule has 2 N–H and O–H groups in total. The maximum absolute atomic E-state index is 5.54. The molecule has 2 aliphatic carbocycles. The van der Waals surface area contributed by atoms with Crippen molar-refractivity contribution in [2.24, 2.45) is 11.1 Å². The van der Waals surface area contributed by atoms with E-state index in [4.69, 9.17) is 18.0 Å². The molecule has 1 saturated carbocycles. The summed E-state index contributed by atoms with van der Waals surface area (Å²) in [6.45, 7) is 0. The maximum atomic E-state index is 5.54. The molecular weight excluding hydrogens is 154 g/mol. The van der Waals surface area contributed by atoms with Crippen LogP contribution in [0.1, 0.15) is 32.1 Å². The second-order valence-corrected chi connectivity index (χ2v) is 4.24. The van der Waals surface area contributed by atoms with Crippen LogP contribution in [-0.4, -0.2) is 4.99 Å². The molecule has 0 bridgehead atoms. The zero-order valence-electron chi connectivity index (χ0n) is 6.60. The van der Waals surface area contributed by atoms with Gasteiger partial charge in [-0.3, -0.25) is 0 Å². The Labute approximate surface area is 72.7 Å². The number of hydrogen-bond acceptors (Lipinski definition) is 1. The lowest BCUT2D eigenvalue weighted by Gasteiger charge is -2.19. The summed E-state index contributed by atoms with van der Waals surface area (Å²) < 4.78 is 0. The Bertz CT molecular complexity index is 226. The van der Waals surface area contributed by atoms with Crippen molar-refractivity contribution in [3.05, 3.63) is 11.6 Å². The highest BCUT2D eigenvalue weighted by Gasteiger charge is 2.42. The van der Waals surface area contributed by atoms with E-state index in [2.05, 4.69) is 6.08 Å². The lowest BCUT2D eigenvalue weighted by molar-refractivity contribution is 0.455. The average molecular weight is 167 g/mol. The topological polar surface area (TPSA) is 26.0 Å². The zero-order valence-corrected chi connectivity index (χ0v) is 7.41. The smallest absolute Gasteiger partial charge is 0.0991 e. The van der Waals surface area contributed by atoms with E-state index in [1.807, 2.05) is 0 Å². The van der Waals surface area contributed by atoms with E-state index < -0.39 is 0 Å². The van der Waals surface area contributed by atoms with Crippen molar-refractivity contribution in [2.75, 3.05) is 0 Å². The minimum Gasteiger partial charge on any atom is -0.390 e. The van der Waals surface area contributed by atoms with Gasteiger partial charge in [0, 0.05) is 0 Å². The van der Waals surface area contributed by atoms with E-state index >= 15 is 0 Å². The first-order valence-electron chi connectivity index (χ1n) is 4.21. The van der Waals surface area contributed by atoms with E-state index in [1.165, 1.54) is 31.3 Å². The summed E-state index contributed by atoms with van der Waals surface area (Å²) >= 11 is 4.92. The van der Waals surface area contributed by atoms with Crippen LogP contribution in [0.3, 0.4) is 0 Å². The highest BCUT2D eigenvalue weighted by molar-refractivity contribution is 7.80. The van der Waals surface area contributed by atoms with E-state index in [0.29, 0.717) is 10.4 Å². The molecule has 2 aliphatic rings. The molecule has 0 aliphatic heterocycles. The van der Waals surface area contributed by atoms with Gasteiger partial charge in [-0.2, -0.15) is 0 Å². The van der Waals surface area contributed by atoms with Gasteiger partial charge < -0.3 is 5.73 Å². The third kappa shape index (κ3) is 1.32. The number of rotatable bonds is 1. The van der Waals surface area contributed by atoms with Gasteiger partial charge in [0.05, 0.1) is 4.99 Å². The van der Waals surface area contributed by atoms with Crippen molar-refractivity contribution in [3.63, 3.8) is 0 Å². The van der Waals surface area contributed by atoms with Crippen LogP contribution in [0, 0.1) is 5.41 Å². The molecule has 0 aromatic rings. The number of allylic oxidation sites excluding steroid dienone is 1. The second kappa shape index (κ2) is 2.31. The van der Waals surface area contributed by atoms with E-state index in [0.717, 1.165) is 6.42 Å². The van der Waals surface area contributed by atoms with Gasteiger partial charge in [0.1, 0.15) is 0 Å². The van der Waals surface area contributed by atoms with Crippen molar-refractivity contribution >= 4 is 17.2 Å². The Balaban J connectivity index is 2.06. The van der Waals surface area contributed by atoms with Crippen LogP contribution in [-0.2, 0) is 0 Å². The molecule has 1 fully saturated rings. The first-order valence-corrected chi connectivity index (χ1v) is 4.62. The van der Waals surface area contributed by atoms with Gasteiger partial charge in [-0.05, 0) is 43.1 Å². The normalized spacial score (nSPS) is 26.4. The Morgan fingerprint density at radius 2 is 2.18 bits per heavy atom. The van der Waals surface area contributed by atoms with E-state index in [9.17, 15) is 0 Å². The Morgan fingerprint density at radius 3 is 2.55 bits per heavy atom. The van der Waals surface area contributed by atoms with Gasteiger partial charge in [0.2, 0.25) is 0 Å². The highest BCUT2D eigenvalue weighted by atomic mass is 32.1. The Kier molecular flexibility index (Phi) is 1.53. The lowest BCUT2D eigenvalue weighted by atomic mass is 9.87. The minimum atomic E-state index is 0.612. The van der Waals surface area contributed by atoms with E-state index in [-0.39, 0.29) is 0 Å². The fourth-order valence-electron chi connectivity index (χ4n) is 1.80. The van der Waals surface area contributed by atoms with Gasteiger partial charge >= 0.3 is 0 Å². The lowest BCUT2D eigenvalue weighted by Crippen LogP contribution is -2.16. The standard InChI is InChI=1S/C9H13NS/c10-8(11)7-1-3-9(4-2-7)5-6-9/h1H,2-6H2,(H2,10,11). The minimum absolute atomic E-state index is 0.612. The molecule has 2 rings (SSSR count). The van der Waals surface area contributed by atoms with Crippen molar-refractivity contribution in [1.29, 1.82) is 0 Å². The van der Waals surface area contributed by atoms with Gasteiger partial charge in [-0.15, -0.1) is 0 Å². The first kappa shape index (κ1) is 7.29. The van der Waals surface area contributed by atoms with Crippen molar-refractivity contribution < 1.29 is 0 Å². The largest absolute Gasteiger partial charge is 0.390 e. The molecule has 0 radical (unpaired) electrons. The molecule has 0 unspecified atom stereocenters. The summed E-state index contributed by atoms with van der Waals surface area (Å²) in [6.07, 6.45) is 8.76. The Hall–Kier alpha value is -0.370. The monoisotopic (exact) mass is 167 g/mol. The molecule has 1 nitrogen and oxygen atoms in total. The van der Waals surface area contributed by atoms with Gasteiger partial charge in [-0.1, -0.05) is 18.3 Å². The predicted octanol–water partition coefficient (Wildman–Crippen LogP) is 2.16. The second-order valence-electron chi connectivity index (χ2n) is 3.80. The van der Waals surface area contributed by atoms with Crippen LogP contribution >= 0.6 is 12.2 Å². The molecule has 1 spiro atoms. The van der Waals surface area contributed by atoms with Gasteiger partial charge in [0.25, 0.3) is 0 Å². The third-order valence-corrected chi connectivity index (χ3v) is 3.24. The maximum Gasteiger partial charge on any atom is 0.0991 e. The number of nitrogens with two attached hydrogens (primary N) is 1. The number of thiocarbonyl (C=S) groups is 1. The van der Waals surface area contributed by atoms with Crippen LogP contribution in [0.4, 0.5) is 0 Å². The molecule has 0 saturated heterocycles. The first-order chi connectivity index (χ1) is 5.22. The van der Waals surface area contributed by atoms with Crippen LogP contribution < -0.4 is 5.73 Å². The predicted molar refractivity (Wildman–Crippen MR) is 50.4 cm³/mol. The van der Waals surface area contributed by atoms with Crippen LogP contribution in [0.25, 0.3) is 0 Å². The van der Waals surface area contributed by atoms with Crippen molar-refractivity contribution in [3.8, 4) is 0 Å². The summed E-state index contributed by atoms with van der Waals surface area (Å²) in [5, 5.41) is 0. The summed E-state index contributed by atoms with van der Waals surface area (Å²) in [4.78, 5) is 0.612. The van der Waals surface area contributed by atoms with Gasteiger partial charge in [0.15, 0.2) is 0 Å². The van der Waals surface area contributed by atoms with Crippen LogP contribution in [0.15, 0.2) is 11.6 Å². The fourth-order valence-corrected chi connectivity index (χ4v) is 1.98. The third-order valence-electron chi connectivity index (χ3n) is 2.98. The number of hydrogen-bond donors (Lipinski definition) is 1. The van der Waals surface area contributed by atoms with Gasteiger partial charge in [-0.25, -0.2) is 0 Å². The Morgan fingerprint density at radius 1 is 1.45 bits per heavy atom. The zero-order chi connectivity index (χ0) is 7.90. The molecule has 60 valence electrons. The summed E-state index contributed by atoms with van der Waals surface area (Å²) in [5.74, 6) is 0. The van der Waals surface area contributed by atoms with Crippen molar-refractivity contribution in [2.45, 2.75) is 32.1 Å². The summed E-state index contributed by atoms with van der Waals surface area (Å²) in [7, 11) is 0. The van der Waals surface area contributed by atoms with Crippen LogP contribution in [0.2, 0.25) is 0 Å². The average Bonchev–Trinajstić information content (AvgIpc) is 2.70. The molecule has 0 aromatic carbocycles. The molecule has 0 aromatic heterocycles.